The second-order valence-electron chi connectivity index (χ2n) is 5.29. The molecule has 5 N–H and O–H groups in total. The van der Waals surface area contributed by atoms with Gasteiger partial charge in [-0.1, -0.05) is 12.1 Å². The van der Waals surface area contributed by atoms with Crippen molar-refractivity contribution in [3.63, 3.8) is 0 Å². The smallest absolute Gasteiger partial charge is 0.325 e. The minimum Gasteiger partial charge on any atom is -0.329 e. The highest BCUT2D eigenvalue weighted by Crippen LogP contribution is 1.86. The molecular weight excluding hydrogens is 392 g/mol. The number of pyridine rings is 2. The lowest BCUT2D eigenvalue weighted by molar-refractivity contribution is 1.04. The van der Waals surface area contributed by atoms with Crippen molar-refractivity contribution in [3.05, 3.63) is 131 Å². The summed E-state index contributed by atoms with van der Waals surface area (Å²) < 4.78 is 0. The lowest BCUT2D eigenvalue weighted by Gasteiger charge is -1.82. The van der Waals surface area contributed by atoms with Gasteiger partial charge in [0, 0.05) is 48.7 Å². The van der Waals surface area contributed by atoms with Gasteiger partial charge in [-0.25, -0.2) is 9.59 Å². The molecule has 11 heteroatoms. The molecule has 0 aromatic carbocycles. The number of nitrogens with one attached hydrogen (secondary N) is 5. The highest BCUT2D eigenvalue weighted by molar-refractivity contribution is 5.00. The zero-order chi connectivity index (χ0) is 22.2. The molecule has 0 spiro atoms. The number of aryl methyl sites for hydroxylation is 1. The largest absolute Gasteiger partial charge is 0.329 e. The van der Waals surface area contributed by atoms with Gasteiger partial charge in [-0.3, -0.25) is 29.3 Å². The van der Waals surface area contributed by atoms with Crippen LogP contribution >= 0.6 is 0 Å². The minimum atomic E-state index is -0.475. The van der Waals surface area contributed by atoms with E-state index in [2.05, 4.69) is 19.9 Å². The molecular formula is C19H20N6O5. The summed E-state index contributed by atoms with van der Waals surface area (Å²) >= 11 is 0. The average molecular weight is 412 g/mol. The number of nitrogens with zero attached hydrogens (tertiary/aromatic N) is 1. The van der Waals surface area contributed by atoms with E-state index in [9.17, 15) is 24.0 Å². The Bertz CT molecular complexity index is 1140. The van der Waals surface area contributed by atoms with Gasteiger partial charge in [0.2, 0.25) is 5.56 Å². The summed E-state index contributed by atoms with van der Waals surface area (Å²) in [6, 6.07) is 13.3. The molecule has 0 saturated heterocycles. The van der Waals surface area contributed by atoms with Crippen LogP contribution in [0.4, 0.5) is 0 Å². The van der Waals surface area contributed by atoms with Gasteiger partial charge in [-0.2, -0.15) is 0 Å². The highest BCUT2D eigenvalue weighted by Gasteiger charge is 1.78. The van der Waals surface area contributed by atoms with Crippen molar-refractivity contribution < 1.29 is 0 Å². The molecule has 0 fully saturated rings. The fraction of sp³-hybridized carbons (Fsp3) is 0.0526. The number of H-pyrrole nitrogens is 5. The van der Waals surface area contributed by atoms with Gasteiger partial charge < -0.3 is 15.0 Å². The van der Waals surface area contributed by atoms with E-state index in [0.29, 0.717) is 0 Å². The SMILES string of the molecule is Cc1ccccn1.O=c1cc[nH]c(=O)[nH]1.O=c1cc[nH]c(=O)[nH]1.O=c1cccc[nH]1. The Morgan fingerprint density at radius 2 is 1.17 bits per heavy atom. The standard InChI is InChI=1S/C6H7N.C5H5NO.2C4H4N2O2/c1-6-4-2-3-5-7-6;7-5-3-1-2-4-6-5;2*7-3-1-2-5-4(8)6-3/h2-5H,1H3;1-4H,(H,6,7);2*1-2H,(H2,5,6,7,8). The Morgan fingerprint density at radius 3 is 1.40 bits per heavy atom. The zero-order valence-corrected chi connectivity index (χ0v) is 15.9. The maximum absolute atomic E-state index is 10.2. The number of hydrogen-bond donors (Lipinski definition) is 5. The Hall–Kier alpha value is -4.54. The number of rotatable bonds is 0. The lowest BCUT2D eigenvalue weighted by atomic mass is 10.4. The van der Waals surface area contributed by atoms with Gasteiger partial charge in [0.05, 0.1) is 0 Å². The summed E-state index contributed by atoms with van der Waals surface area (Å²) in [7, 11) is 0. The van der Waals surface area contributed by atoms with Crippen LogP contribution in [0.3, 0.4) is 0 Å². The quantitative estimate of drug-likeness (QED) is 0.269. The second kappa shape index (κ2) is 13.6. The molecule has 4 aromatic heterocycles. The maximum atomic E-state index is 10.2. The van der Waals surface area contributed by atoms with Crippen LogP contribution in [0, 0.1) is 6.92 Å². The van der Waals surface area contributed by atoms with Crippen LogP contribution in [0.25, 0.3) is 0 Å². The zero-order valence-electron chi connectivity index (χ0n) is 15.9. The van der Waals surface area contributed by atoms with E-state index >= 15 is 0 Å². The Balaban J connectivity index is 0.000000200. The minimum absolute atomic E-state index is 0.0532. The molecule has 0 amide bonds. The third kappa shape index (κ3) is 12.0. The van der Waals surface area contributed by atoms with Crippen molar-refractivity contribution >= 4 is 0 Å². The van der Waals surface area contributed by atoms with E-state index < -0.39 is 11.4 Å². The summed E-state index contributed by atoms with van der Waals surface area (Å²) in [5.74, 6) is 0. The fourth-order valence-corrected chi connectivity index (χ4v) is 1.59. The first-order valence-electron chi connectivity index (χ1n) is 8.44. The van der Waals surface area contributed by atoms with E-state index in [1.54, 1.807) is 24.5 Å². The van der Waals surface area contributed by atoms with Gasteiger partial charge in [0.1, 0.15) is 0 Å². The van der Waals surface area contributed by atoms with Crippen molar-refractivity contribution in [2.75, 3.05) is 0 Å². The Morgan fingerprint density at radius 1 is 0.600 bits per heavy atom. The van der Waals surface area contributed by atoms with Crippen molar-refractivity contribution in [2.24, 2.45) is 0 Å². The van der Waals surface area contributed by atoms with E-state index in [-0.39, 0.29) is 16.7 Å². The van der Waals surface area contributed by atoms with Gasteiger partial charge in [0.25, 0.3) is 11.1 Å². The summed E-state index contributed by atoms with van der Waals surface area (Å²) in [6.45, 7) is 1.97. The van der Waals surface area contributed by atoms with Crippen LogP contribution < -0.4 is 28.1 Å². The normalized spacial score (nSPS) is 8.83. The maximum Gasteiger partial charge on any atom is 0.325 e. The van der Waals surface area contributed by atoms with Crippen molar-refractivity contribution in [1.29, 1.82) is 0 Å². The van der Waals surface area contributed by atoms with Crippen LogP contribution in [0.5, 0.6) is 0 Å². The van der Waals surface area contributed by atoms with Crippen molar-refractivity contribution in [3.8, 4) is 0 Å². The van der Waals surface area contributed by atoms with Crippen LogP contribution in [0.15, 0.2) is 97.3 Å². The molecule has 0 aliphatic heterocycles. The second-order valence-corrected chi connectivity index (χ2v) is 5.29. The van der Waals surface area contributed by atoms with Crippen LogP contribution in [0.2, 0.25) is 0 Å². The molecule has 0 bridgehead atoms. The van der Waals surface area contributed by atoms with Crippen LogP contribution in [-0.2, 0) is 0 Å². The molecule has 0 atom stereocenters. The van der Waals surface area contributed by atoms with E-state index in [1.807, 2.05) is 35.1 Å². The third-order valence-corrected chi connectivity index (χ3v) is 2.87. The predicted octanol–water partition coefficient (Wildman–Crippen LogP) is -0.109. The van der Waals surface area contributed by atoms with Gasteiger partial charge in [-0.15, -0.1) is 0 Å². The van der Waals surface area contributed by atoms with Gasteiger partial charge in [-0.05, 0) is 25.1 Å². The first-order valence-corrected chi connectivity index (χ1v) is 8.44. The molecule has 0 radical (unpaired) electrons. The van der Waals surface area contributed by atoms with Crippen molar-refractivity contribution in [1.82, 2.24) is 29.9 Å². The summed E-state index contributed by atoms with van der Waals surface area (Å²) in [5.41, 5.74) is -0.692. The molecule has 156 valence electrons. The number of aromatic amines is 5. The first kappa shape index (κ1) is 23.5. The molecule has 0 saturated carbocycles. The summed E-state index contributed by atoms with van der Waals surface area (Å²) in [4.78, 5) is 66.0. The first-order chi connectivity index (χ1) is 14.4. The van der Waals surface area contributed by atoms with Crippen LogP contribution in [-0.4, -0.2) is 29.9 Å². The molecule has 4 rings (SSSR count). The predicted molar refractivity (Wildman–Crippen MR) is 111 cm³/mol. The summed E-state index contributed by atoms with van der Waals surface area (Å²) in [6.07, 6.45) is 5.97. The lowest BCUT2D eigenvalue weighted by Crippen LogP contribution is -2.19. The van der Waals surface area contributed by atoms with E-state index in [0.717, 1.165) is 5.69 Å². The molecule has 4 aromatic rings. The Labute approximate surface area is 168 Å². The molecule has 4 heterocycles. The summed E-state index contributed by atoms with van der Waals surface area (Å²) in [5, 5.41) is 0. The molecule has 30 heavy (non-hydrogen) atoms. The highest BCUT2D eigenvalue weighted by atomic mass is 16.2. The molecule has 0 unspecified atom stereocenters. The third-order valence-electron chi connectivity index (χ3n) is 2.87. The average Bonchev–Trinajstić information content (AvgIpc) is 2.70. The number of hydrogen-bond acceptors (Lipinski definition) is 6. The van der Waals surface area contributed by atoms with E-state index in [1.165, 1.54) is 30.6 Å². The topological polar surface area (TPSA) is 177 Å². The molecule has 0 aliphatic rings. The number of aromatic nitrogens is 6. The monoisotopic (exact) mass is 412 g/mol. The molecule has 0 aliphatic carbocycles. The van der Waals surface area contributed by atoms with Crippen molar-refractivity contribution in [2.45, 2.75) is 6.92 Å². The Kier molecular flexibility index (Phi) is 10.7. The molecule has 11 nitrogen and oxygen atoms in total. The van der Waals surface area contributed by atoms with Crippen LogP contribution in [0.1, 0.15) is 5.69 Å². The van der Waals surface area contributed by atoms with Gasteiger partial charge in [0.15, 0.2) is 0 Å². The van der Waals surface area contributed by atoms with Gasteiger partial charge >= 0.3 is 11.4 Å². The fourth-order valence-electron chi connectivity index (χ4n) is 1.59. The van der Waals surface area contributed by atoms with E-state index in [4.69, 9.17) is 0 Å².